The zero-order chi connectivity index (χ0) is 11.0. The van der Waals surface area contributed by atoms with E-state index in [1.165, 1.54) is 16.5 Å². The third-order valence-corrected chi connectivity index (χ3v) is 3.36. The van der Waals surface area contributed by atoms with Gasteiger partial charge in [0.1, 0.15) is 0 Å². The summed E-state index contributed by atoms with van der Waals surface area (Å²) < 4.78 is 0. The molecule has 3 heteroatoms. The molecule has 3 rings (SSSR count). The fourth-order valence-corrected chi connectivity index (χ4v) is 2.42. The molecule has 0 saturated carbocycles. The van der Waals surface area contributed by atoms with Crippen molar-refractivity contribution in [1.29, 1.82) is 0 Å². The number of hydrogen-bond donors (Lipinski definition) is 2. The van der Waals surface area contributed by atoms with Crippen molar-refractivity contribution in [2.45, 2.75) is 6.54 Å². The molecule has 0 aliphatic carbocycles. The van der Waals surface area contributed by atoms with Gasteiger partial charge in [-0.1, -0.05) is 18.2 Å². The molecule has 0 bridgehead atoms. The van der Waals surface area contributed by atoms with Crippen LogP contribution >= 0.6 is 0 Å². The number of rotatable bonds is 3. The molecule has 2 aromatic rings. The van der Waals surface area contributed by atoms with Crippen LogP contribution in [0.2, 0.25) is 0 Å². The second kappa shape index (κ2) is 3.92. The number of aliphatic hydroxyl groups is 1. The van der Waals surface area contributed by atoms with E-state index in [4.69, 9.17) is 5.11 Å². The van der Waals surface area contributed by atoms with Gasteiger partial charge in [0, 0.05) is 49.3 Å². The summed E-state index contributed by atoms with van der Waals surface area (Å²) in [5.74, 6) is 0.491. The average Bonchev–Trinajstić information content (AvgIpc) is 2.66. The number of aromatic nitrogens is 1. The number of benzene rings is 1. The zero-order valence-corrected chi connectivity index (χ0v) is 9.19. The van der Waals surface area contributed by atoms with Gasteiger partial charge in [-0.15, -0.1) is 0 Å². The number of fused-ring (bicyclic) bond motifs is 1. The number of nitrogens with one attached hydrogen (secondary N) is 1. The van der Waals surface area contributed by atoms with E-state index in [9.17, 15) is 0 Å². The highest BCUT2D eigenvalue weighted by Gasteiger charge is 2.26. The normalized spacial score (nSPS) is 17.8. The molecule has 2 heterocycles. The molecular weight excluding hydrogens is 200 g/mol. The minimum atomic E-state index is 0.324. The molecule has 16 heavy (non-hydrogen) atoms. The summed E-state index contributed by atoms with van der Waals surface area (Å²) in [5.41, 5.74) is 2.56. The van der Waals surface area contributed by atoms with Crippen LogP contribution in [0, 0.1) is 5.92 Å². The maximum atomic E-state index is 8.97. The van der Waals surface area contributed by atoms with Gasteiger partial charge in [-0.25, -0.2) is 0 Å². The Labute approximate surface area is 94.7 Å². The quantitative estimate of drug-likeness (QED) is 0.818. The molecule has 0 radical (unpaired) electrons. The van der Waals surface area contributed by atoms with Crippen LogP contribution in [0.4, 0.5) is 0 Å². The second-order valence-electron chi connectivity index (χ2n) is 4.60. The number of hydrogen-bond acceptors (Lipinski definition) is 2. The largest absolute Gasteiger partial charge is 0.396 e. The molecule has 0 atom stereocenters. The van der Waals surface area contributed by atoms with Crippen LogP contribution in [0.3, 0.4) is 0 Å². The number of aliphatic hydroxyl groups excluding tert-OH is 1. The summed E-state index contributed by atoms with van der Waals surface area (Å²) >= 11 is 0. The molecule has 1 saturated heterocycles. The Balaban J connectivity index is 1.75. The summed E-state index contributed by atoms with van der Waals surface area (Å²) in [7, 11) is 0. The zero-order valence-electron chi connectivity index (χ0n) is 9.19. The lowest BCUT2D eigenvalue weighted by Gasteiger charge is -2.38. The van der Waals surface area contributed by atoms with E-state index in [-0.39, 0.29) is 0 Å². The highest BCUT2D eigenvalue weighted by molar-refractivity contribution is 5.82. The molecule has 1 aliphatic heterocycles. The molecule has 2 N–H and O–H groups in total. The van der Waals surface area contributed by atoms with Crippen molar-refractivity contribution in [3.63, 3.8) is 0 Å². The van der Waals surface area contributed by atoms with E-state index >= 15 is 0 Å². The first-order chi connectivity index (χ1) is 7.86. The molecule has 84 valence electrons. The van der Waals surface area contributed by atoms with Gasteiger partial charge < -0.3 is 10.1 Å². The molecule has 1 aromatic heterocycles. The molecule has 3 nitrogen and oxygen atoms in total. The Morgan fingerprint density at radius 1 is 1.31 bits per heavy atom. The van der Waals surface area contributed by atoms with Gasteiger partial charge in [0.2, 0.25) is 0 Å². The number of para-hydroxylation sites is 1. The molecule has 1 fully saturated rings. The Kier molecular flexibility index (Phi) is 2.42. The Hall–Kier alpha value is -1.32. The Morgan fingerprint density at radius 2 is 2.12 bits per heavy atom. The summed E-state index contributed by atoms with van der Waals surface area (Å²) in [6.45, 7) is 3.36. The van der Waals surface area contributed by atoms with Gasteiger partial charge in [0.05, 0.1) is 0 Å². The van der Waals surface area contributed by atoms with Gasteiger partial charge in [0.25, 0.3) is 0 Å². The van der Waals surface area contributed by atoms with E-state index in [0.717, 1.165) is 19.6 Å². The fourth-order valence-electron chi connectivity index (χ4n) is 2.42. The molecule has 0 amide bonds. The van der Waals surface area contributed by atoms with Crippen molar-refractivity contribution < 1.29 is 5.11 Å². The van der Waals surface area contributed by atoms with Crippen LogP contribution in [-0.4, -0.2) is 34.7 Å². The molecule has 0 spiro atoms. The lowest BCUT2D eigenvalue weighted by Crippen LogP contribution is -2.47. The maximum Gasteiger partial charge on any atom is 0.0483 e. The number of nitrogens with zero attached hydrogens (tertiary/aromatic N) is 1. The Bertz CT molecular complexity index is 485. The fraction of sp³-hybridized carbons (Fsp3) is 0.385. The predicted molar refractivity (Wildman–Crippen MR) is 64.2 cm³/mol. The van der Waals surface area contributed by atoms with E-state index in [0.29, 0.717) is 12.5 Å². The molecular formula is C13H16N2O. The highest BCUT2D eigenvalue weighted by Crippen LogP contribution is 2.23. The summed E-state index contributed by atoms with van der Waals surface area (Å²) in [6, 6.07) is 8.39. The SMILES string of the molecule is OCC1CN(Cc2c[nH]c3ccccc23)C1. The smallest absolute Gasteiger partial charge is 0.0483 e. The van der Waals surface area contributed by atoms with Crippen LogP contribution in [0.5, 0.6) is 0 Å². The van der Waals surface area contributed by atoms with Crippen LogP contribution in [0.1, 0.15) is 5.56 Å². The van der Waals surface area contributed by atoms with Crippen molar-refractivity contribution in [2.75, 3.05) is 19.7 Å². The first-order valence-corrected chi connectivity index (χ1v) is 5.75. The number of likely N-dealkylation sites (tertiary alicyclic amines) is 1. The molecule has 1 aromatic carbocycles. The maximum absolute atomic E-state index is 8.97. The van der Waals surface area contributed by atoms with Crippen molar-refractivity contribution in [3.05, 3.63) is 36.0 Å². The third-order valence-electron chi connectivity index (χ3n) is 3.36. The first kappa shape index (κ1) is 9.87. The highest BCUT2D eigenvalue weighted by atomic mass is 16.3. The topological polar surface area (TPSA) is 39.3 Å². The van der Waals surface area contributed by atoms with Crippen LogP contribution in [0.25, 0.3) is 10.9 Å². The van der Waals surface area contributed by atoms with Crippen molar-refractivity contribution in [3.8, 4) is 0 Å². The third kappa shape index (κ3) is 1.62. The number of aromatic amines is 1. The van der Waals surface area contributed by atoms with Crippen LogP contribution < -0.4 is 0 Å². The van der Waals surface area contributed by atoms with E-state index < -0.39 is 0 Å². The minimum Gasteiger partial charge on any atom is -0.396 e. The molecule has 1 aliphatic rings. The monoisotopic (exact) mass is 216 g/mol. The summed E-state index contributed by atoms with van der Waals surface area (Å²) in [6.07, 6.45) is 2.09. The van der Waals surface area contributed by atoms with Gasteiger partial charge in [-0.05, 0) is 11.6 Å². The second-order valence-corrected chi connectivity index (χ2v) is 4.60. The van der Waals surface area contributed by atoms with E-state index in [2.05, 4.69) is 34.3 Å². The minimum absolute atomic E-state index is 0.324. The van der Waals surface area contributed by atoms with Gasteiger partial charge in [-0.2, -0.15) is 0 Å². The first-order valence-electron chi connectivity index (χ1n) is 5.75. The van der Waals surface area contributed by atoms with E-state index in [1.807, 2.05) is 6.07 Å². The van der Waals surface area contributed by atoms with Crippen molar-refractivity contribution in [1.82, 2.24) is 9.88 Å². The van der Waals surface area contributed by atoms with Gasteiger partial charge in [0.15, 0.2) is 0 Å². The van der Waals surface area contributed by atoms with Crippen LogP contribution in [0.15, 0.2) is 30.5 Å². The average molecular weight is 216 g/mol. The van der Waals surface area contributed by atoms with Crippen LogP contribution in [-0.2, 0) is 6.54 Å². The lowest BCUT2D eigenvalue weighted by atomic mass is 10.0. The van der Waals surface area contributed by atoms with Gasteiger partial charge in [-0.3, -0.25) is 4.90 Å². The van der Waals surface area contributed by atoms with E-state index in [1.54, 1.807) is 0 Å². The predicted octanol–water partition coefficient (Wildman–Crippen LogP) is 1.59. The summed E-state index contributed by atoms with van der Waals surface area (Å²) in [5, 5.41) is 10.3. The van der Waals surface area contributed by atoms with Crippen molar-refractivity contribution in [2.24, 2.45) is 5.92 Å². The lowest BCUT2D eigenvalue weighted by molar-refractivity contribution is 0.0482. The Morgan fingerprint density at radius 3 is 2.94 bits per heavy atom. The summed E-state index contributed by atoms with van der Waals surface area (Å²) in [4.78, 5) is 5.66. The molecule has 0 unspecified atom stereocenters. The van der Waals surface area contributed by atoms with Gasteiger partial charge >= 0.3 is 0 Å². The van der Waals surface area contributed by atoms with Crippen molar-refractivity contribution >= 4 is 10.9 Å². The standard InChI is InChI=1S/C13H16N2O/c16-9-10-6-15(7-10)8-11-5-14-13-4-2-1-3-12(11)13/h1-5,10,14,16H,6-9H2. The number of H-pyrrole nitrogens is 1.